The summed E-state index contributed by atoms with van der Waals surface area (Å²) < 4.78 is 27.2. The fourth-order valence-corrected chi connectivity index (χ4v) is 4.42. The second kappa shape index (κ2) is 6.33. The van der Waals surface area contributed by atoms with E-state index in [1.54, 1.807) is 0 Å². The molecule has 1 heterocycles. The molecule has 0 spiro atoms. The first kappa shape index (κ1) is 14.9. The summed E-state index contributed by atoms with van der Waals surface area (Å²) in [4.78, 5) is 11.9. The molecule has 2 rings (SSSR count). The quantitative estimate of drug-likeness (QED) is 0.890. The predicted octanol–water partition coefficient (Wildman–Crippen LogP) is 4.06. The van der Waals surface area contributed by atoms with E-state index in [4.69, 9.17) is 11.6 Å². The fraction of sp³-hybridized carbons (Fsp3) is 0.417. The van der Waals surface area contributed by atoms with Crippen LogP contribution in [0.1, 0.15) is 12.0 Å². The van der Waals surface area contributed by atoms with Crippen molar-refractivity contribution in [3.63, 3.8) is 0 Å². The zero-order chi connectivity index (χ0) is 14.0. The number of amides is 1. The first-order chi connectivity index (χ1) is 9.00. The molecule has 1 amide bonds. The van der Waals surface area contributed by atoms with Gasteiger partial charge in [-0.25, -0.2) is 8.78 Å². The smallest absolute Gasteiger partial charge is 0.247 e. The molecule has 0 radical (unpaired) electrons. The lowest BCUT2D eigenvalue weighted by atomic mass is 10.2. The van der Waals surface area contributed by atoms with Gasteiger partial charge in [-0.1, -0.05) is 11.6 Å². The van der Waals surface area contributed by atoms with Crippen molar-refractivity contribution in [2.24, 2.45) is 0 Å². The summed E-state index contributed by atoms with van der Waals surface area (Å²) in [6.07, 6.45) is 1.04. The molecule has 1 N–H and O–H groups in total. The molecule has 7 heteroatoms. The van der Waals surface area contributed by atoms with E-state index in [0.29, 0.717) is 0 Å². The highest BCUT2D eigenvalue weighted by Crippen LogP contribution is 2.33. The maximum Gasteiger partial charge on any atom is 0.247 e. The average Bonchev–Trinajstić information content (AvgIpc) is 2.42. The van der Waals surface area contributed by atoms with Crippen molar-refractivity contribution < 1.29 is 13.6 Å². The summed E-state index contributed by atoms with van der Waals surface area (Å²) in [7, 11) is 0. The lowest BCUT2D eigenvalue weighted by Crippen LogP contribution is -2.26. The molecule has 104 valence electrons. The van der Waals surface area contributed by atoms with Crippen LogP contribution >= 0.6 is 35.1 Å². The zero-order valence-corrected chi connectivity index (χ0v) is 12.5. The molecule has 1 aromatic rings. The lowest BCUT2D eigenvalue weighted by Gasteiger charge is -2.20. The van der Waals surface area contributed by atoms with Crippen LogP contribution in [0.4, 0.5) is 14.5 Å². The largest absolute Gasteiger partial charge is 0.319 e. The van der Waals surface area contributed by atoms with Gasteiger partial charge in [0.1, 0.15) is 10.3 Å². The Kier molecular flexibility index (Phi) is 4.97. The Bertz CT molecular complexity index is 507. The highest BCUT2D eigenvalue weighted by Gasteiger charge is 2.25. The van der Waals surface area contributed by atoms with Crippen molar-refractivity contribution in [3.05, 3.63) is 28.3 Å². The third kappa shape index (κ3) is 3.35. The topological polar surface area (TPSA) is 29.1 Å². The van der Waals surface area contributed by atoms with E-state index < -0.39 is 17.3 Å². The standard InChI is InChI=1S/C12H12ClF2NOS2/c1-6-7(13)5-8(14)10(9(6)15)16-11(17)12-18-3-2-4-19-12/h5,12H,2-4H2,1H3,(H,16,17). The van der Waals surface area contributed by atoms with Crippen molar-refractivity contribution in [1.82, 2.24) is 0 Å². The molecule has 1 fully saturated rings. The Morgan fingerprint density at radius 1 is 1.42 bits per heavy atom. The molecular formula is C12H12ClF2NOS2. The van der Waals surface area contributed by atoms with Crippen molar-refractivity contribution >= 4 is 46.7 Å². The summed E-state index contributed by atoms with van der Waals surface area (Å²) in [5.74, 6) is -0.281. The first-order valence-corrected chi connectivity index (χ1v) is 8.16. The second-order valence-corrected chi connectivity index (χ2v) is 7.20. The number of hydrogen-bond acceptors (Lipinski definition) is 3. The van der Waals surface area contributed by atoms with Gasteiger partial charge in [-0.15, -0.1) is 23.5 Å². The van der Waals surface area contributed by atoms with Crippen LogP contribution in [0.2, 0.25) is 5.02 Å². The molecule has 0 saturated carbocycles. The number of rotatable bonds is 2. The molecule has 0 aromatic heterocycles. The van der Waals surface area contributed by atoms with E-state index in [9.17, 15) is 13.6 Å². The van der Waals surface area contributed by atoms with Crippen LogP contribution in [0.5, 0.6) is 0 Å². The molecule has 19 heavy (non-hydrogen) atoms. The van der Waals surface area contributed by atoms with Gasteiger partial charge in [0.15, 0.2) is 11.6 Å². The molecule has 0 aliphatic carbocycles. The van der Waals surface area contributed by atoms with E-state index >= 15 is 0 Å². The highest BCUT2D eigenvalue weighted by atomic mass is 35.5. The van der Waals surface area contributed by atoms with Crippen LogP contribution < -0.4 is 5.32 Å². The number of thioether (sulfide) groups is 2. The molecule has 2 nitrogen and oxygen atoms in total. The van der Waals surface area contributed by atoms with Gasteiger partial charge in [0.2, 0.25) is 5.91 Å². The van der Waals surface area contributed by atoms with E-state index in [2.05, 4.69) is 5.32 Å². The van der Waals surface area contributed by atoms with Crippen LogP contribution in [0, 0.1) is 18.6 Å². The number of carbonyl (C=O) groups excluding carboxylic acids is 1. The second-order valence-electron chi connectivity index (χ2n) is 4.07. The minimum atomic E-state index is -0.854. The molecule has 1 aromatic carbocycles. The monoisotopic (exact) mass is 323 g/mol. The number of carbonyl (C=O) groups is 1. The highest BCUT2D eigenvalue weighted by molar-refractivity contribution is 8.18. The number of nitrogens with one attached hydrogen (secondary N) is 1. The molecular weight excluding hydrogens is 312 g/mol. The number of benzene rings is 1. The summed E-state index contributed by atoms with van der Waals surface area (Å²) in [6, 6.07) is 1.01. The van der Waals surface area contributed by atoms with Crippen molar-refractivity contribution in [3.8, 4) is 0 Å². The fourth-order valence-electron chi connectivity index (χ4n) is 1.62. The van der Waals surface area contributed by atoms with Gasteiger partial charge < -0.3 is 5.32 Å². The predicted molar refractivity (Wildman–Crippen MR) is 78.1 cm³/mol. The number of anilines is 1. The van der Waals surface area contributed by atoms with Crippen LogP contribution in [0.15, 0.2) is 6.07 Å². The molecule has 0 atom stereocenters. The van der Waals surface area contributed by atoms with Gasteiger partial charge >= 0.3 is 0 Å². The maximum atomic E-state index is 13.9. The van der Waals surface area contributed by atoms with Gasteiger partial charge in [-0.05, 0) is 30.9 Å². The maximum absolute atomic E-state index is 13.9. The van der Waals surface area contributed by atoms with E-state index in [1.807, 2.05) is 0 Å². The van der Waals surface area contributed by atoms with Gasteiger partial charge in [0.25, 0.3) is 0 Å². The Morgan fingerprint density at radius 3 is 2.68 bits per heavy atom. The molecule has 1 aliphatic rings. The average molecular weight is 324 g/mol. The number of halogens is 3. The normalized spacial score (nSPS) is 16.4. The number of hydrogen-bond donors (Lipinski definition) is 1. The summed E-state index contributed by atoms with van der Waals surface area (Å²) in [5.41, 5.74) is -0.291. The molecule has 1 aliphatic heterocycles. The van der Waals surface area contributed by atoms with Crippen LogP contribution in [-0.4, -0.2) is 22.0 Å². The molecule has 0 unspecified atom stereocenters. The minimum Gasteiger partial charge on any atom is -0.319 e. The van der Waals surface area contributed by atoms with Crippen molar-refractivity contribution in [1.29, 1.82) is 0 Å². The van der Waals surface area contributed by atoms with Crippen LogP contribution in [-0.2, 0) is 4.79 Å². The van der Waals surface area contributed by atoms with E-state index in [1.165, 1.54) is 30.4 Å². The Labute approximate surface area is 123 Å². The Balaban J connectivity index is 2.19. The lowest BCUT2D eigenvalue weighted by molar-refractivity contribution is -0.114. The first-order valence-electron chi connectivity index (χ1n) is 5.69. The molecule has 0 bridgehead atoms. The summed E-state index contributed by atoms with van der Waals surface area (Å²) in [5, 5.41) is 2.34. The third-order valence-electron chi connectivity index (χ3n) is 2.69. The van der Waals surface area contributed by atoms with E-state index in [-0.39, 0.29) is 21.1 Å². The van der Waals surface area contributed by atoms with Crippen LogP contribution in [0.3, 0.4) is 0 Å². The van der Waals surface area contributed by atoms with Gasteiger partial charge in [0, 0.05) is 10.6 Å². The Morgan fingerprint density at radius 2 is 2.05 bits per heavy atom. The molecule has 1 saturated heterocycles. The van der Waals surface area contributed by atoms with Gasteiger partial charge in [0.05, 0.1) is 0 Å². The Hall–Kier alpha value is -0.460. The SMILES string of the molecule is Cc1c(Cl)cc(F)c(NC(=O)C2SCCCS2)c1F. The zero-order valence-electron chi connectivity index (χ0n) is 10.1. The third-order valence-corrected chi connectivity index (χ3v) is 5.98. The van der Waals surface area contributed by atoms with Gasteiger partial charge in [-0.3, -0.25) is 4.79 Å². The van der Waals surface area contributed by atoms with Crippen LogP contribution in [0.25, 0.3) is 0 Å². The van der Waals surface area contributed by atoms with Gasteiger partial charge in [-0.2, -0.15) is 0 Å². The summed E-state index contributed by atoms with van der Waals surface area (Å²) in [6.45, 7) is 1.44. The minimum absolute atomic E-state index is 0.00872. The summed E-state index contributed by atoms with van der Waals surface area (Å²) >= 11 is 8.65. The van der Waals surface area contributed by atoms with E-state index in [0.717, 1.165) is 24.0 Å². The van der Waals surface area contributed by atoms with Crippen molar-refractivity contribution in [2.75, 3.05) is 16.8 Å². The van der Waals surface area contributed by atoms with Crippen molar-refractivity contribution in [2.45, 2.75) is 17.9 Å².